The van der Waals surface area contributed by atoms with Crippen molar-refractivity contribution in [2.75, 3.05) is 11.1 Å². The second kappa shape index (κ2) is 4.31. The SMILES string of the molecule is CCC(O)S(=O)(=O)CCBr. The lowest BCUT2D eigenvalue weighted by Gasteiger charge is -2.06. The van der Waals surface area contributed by atoms with Gasteiger partial charge in [0.15, 0.2) is 15.3 Å². The van der Waals surface area contributed by atoms with Gasteiger partial charge in [-0.3, -0.25) is 0 Å². The Morgan fingerprint density at radius 3 is 2.40 bits per heavy atom. The predicted octanol–water partition coefficient (Wildman–Crippen LogP) is 0.525. The smallest absolute Gasteiger partial charge is 0.177 e. The van der Waals surface area contributed by atoms with Crippen LogP contribution in [0.2, 0.25) is 0 Å². The molecular weight excluding hydrogens is 220 g/mol. The van der Waals surface area contributed by atoms with Crippen molar-refractivity contribution in [3.8, 4) is 0 Å². The van der Waals surface area contributed by atoms with Crippen LogP contribution in [0.4, 0.5) is 0 Å². The van der Waals surface area contributed by atoms with E-state index in [1.54, 1.807) is 6.92 Å². The van der Waals surface area contributed by atoms with E-state index < -0.39 is 15.3 Å². The van der Waals surface area contributed by atoms with E-state index in [4.69, 9.17) is 5.11 Å². The standard InChI is InChI=1S/C5H11BrO3S/c1-2-5(7)10(8,9)4-3-6/h5,7H,2-4H2,1H3. The highest BCUT2D eigenvalue weighted by molar-refractivity contribution is 9.09. The Kier molecular flexibility index (Phi) is 4.47. The molecule has 1 unspecified atom stereocenters. The molecule has 1 atom stereocenters. The third kappa shape index (κ3) is 2.98. The highest BCUT2D eigenvalue weighted by Crippen LogP contribution is 2.03. The molecule has 1 N–H and O–H groups in total. The molecule has 10 heavy (non-hydrogen) atoms. The molecule has 0 aliphatic heterocycles. The number of sulfone groups is 1. The normalized spacial score (nSPS) is 15.1. The van der Waals surface area contributed by atoms with Crippen molar-refractivity contribution >= 4 is 25.8 Å². The Morgan fingerprint density at radius 1 is 1.60 bits per heavy atom. The average Bonchev–Trinajstić information content (AvgIpc) is 1.86. The van der Waals surface area contributed by atoms with Crippen LogP contribution >= 0.6 is 15.9 Å². The Balaban J connectivity index is 4.12. The van der Waals surface area contributed by atoms with Crippen molar-refractivity contribution in [3.05, 3.63) is 0 Å². The summed E-state index contributed by atoms with van der Waals surface area (Å²) in [5.41, 5.74) is -1.19. The minimum Gasteiger partial charge on any atom is -0.377 e. The van der Waals surface area contributed by atoms with Crippen LogP contribution in [0.5, 0.6) is 0 Å². The lowest BCUT2D eigenvalue weighted by atomic mass is 10.5. The van der Waals surface area contributed by atoms with Crippen molar-refractivity contribution in [1.29, 1.82) is 0 Å². The van der Waals surface area contributed by atoms with Gasteiger partial charge in [0.25, 0.3) is 0 Å². The van der Waals surface area contributed by atoms with Crippen molar-refractivity contribution in [2.45, 2.75) is 18.8 Å². The van der Waals surface area contributed by atoms with Crippen LogP contribution < -0.4 is 0 Å². The summed E-state index contributed by atoms with van der Waals surface area (Å²) in [5.74, 6) is 0.00199. The molecule has 62 valence electrons. The Morgan fingerprint density at radius 2 is 2.10 bits per heavy atom. The van der Waals surface area contributed by atoms with Gasteiger partial charge in [0.1, 0.15) is 0 Å². The lowest BCUT2D eigenvalue weighted by Crippen LogP contribution is -2.23. The zero-order valence-corrected chi connectivity index (χ0v) is 8.15. The quantitative estimate of drug-likeness (QED) is 0.718. The van der Waals surface area contributed by atoms with Gasteiger partial charge in [-0.1, -0.05) is 22.9 Å². The molecule has 0 saturated heterocycles. The van der Waals surface area contributed by atoms with Gasteiger partial charge in [0.2, 0.25) is 0 Å². The summed E-state index contributed by atoms with van der Waals surface area (Å²) in [6.07, 6.45) is 0.259. The largest absolute Gasteiger partial charge is 0.377 e. The molecule has 0 aliphatic carbocycles. The number of rotatable bonds is 4. The number of aliphatic hydroxyl groups is 1. The zero-order valence-electron chi connectivity index (χ0n) is 5.75. The molecule has 0 fully saturated rings. The van der Waals surface area contributed by atoms with Crippen LogP contribution in [0.15, 0.2) is 0 Å². The van der Waals surface area contributed by atoms with E-state index in [0.29, 0.717) is 5.33 Å². The number of halogens is 1. The molecule has 0 radical (unpaired) electrons. The van der Waals surface area contributed by atoms with Gasteiger partial charge in [-0.2, -0.15) is 0 Å². The highest BCUT2D eigenvalue weighted by Gasteiger charge is 2.19. The fraction of sp³-hybridized carbons (Fsp3) is 1.00. The molecule has 0 aliphatic rings. The Hall–Kier alpha value is 0.390. The summed E-state index contributed by atoms with van der Waals surface area (Å²) in [7, 11) is -3.25. The van der Waals surface area contributed by atoms with Gasteiger partial charge in [0.05, 0.1) is 5.75 Å². The van der Waals surface area contributed by atoms with Crippen molar-refractivity contribution in [1.82, 2.24) is 0 Å². The molecule has 0 saturated carbocycles. The van der Waals surface area contributed by atoms with Gasteiger partial charge in [0, 0.05) is 5.33 Å². The molecule has 0 heterocycles. The Bertz CT molecular complexity index is 175. The van der Waals surface area contributed by atoms with Crippen LogP contribution in [-0.2, 0) is 9.84 Å². The van der Waals surface area contributed by atoms with E-state index in [9.17, 15) is 8.42 Å². The second-order valence-corrected chi connectivity index (χ2v) is 4.99. The first kappa shape index (κ1) is 10.4. The maximum Gasteiger partial charge on any atom is 0.177 e. The second-order valence-electron chi connectivity index (χ2n) is 1.92. The van der Waals surface area contributed by atoms with Gasteiger partial charge in [-0.15, -0.1) is 0 Å². The Labute approximate surface area is 69.5 Å². The molecule has 5 heteroatoms. The lowest BCUT2D eigenvalue weighted by molar-refractivity contribution is 0.245. The molecule has 0 spiro atoms. The number of aliphatic hydroxyl groups excluding tert-OH is 1. The molecule has 0 aromatic rings. The molecular formula is C5H11BrO3S. The zero-order chi connectivity index (χ0) is 8.20. The molecule has 0 rings (SSSR count). The van der Waals surface area contributed by atoms with Crippen molar-refractivity contribution < 1.29 is 13.5 Å². The third-order valence-corrected chi connectivity index (χ3v) is 3.98. The van der Waals surface area contributed by atoms with Gasteiger partial charge < -0.3 is 5.11 Å². The molecule has 0 aromatic heterocycles. The molecule has 0 amide bonds. The van der Waals surface area contributed by atoms with E-state index in [0.717, 1.165) is 0 Å². The minimum atomic E-state index is -3.25. The summed E-state index contributed by atoms with van der Waals surface area (Å²) in [4.78, 5) is 0. The van der Waals surface area contributed by atoms with Crippen LogP contribution in [0.25, 0.3) is 0 Å². The molecule has 3 nitrogen and oxygen atoms in total. The van der Waals surface area contributed by atoms with Crippen LogP contribution in [0.3, 0.4) is 0 Å². The number of hydrogen-bond donors (Lipinski definition) is 1. The minimum absolute atomic E-state index is 0.00199. The fourth-order valence-corrected chi connectivity index (χ4v) is 2.85. The predicted molar refractivity (Wildman–Crippen MR) is 43.9 cm³/mol. The van der Waals surface area contributed by atoms with Crippen molar-refractivity contribution in [2.24, 2.45) is 0 Å². The van der Waals surface area contributed by atoms with Gasteiger partial charge >= 0.3 is 0 Å². The summed E-state index contributed by atoms with van der Waals surface area (Å²) in [6.45, 7) is 1.64. The van der Waals surface area contributed by atoms with Crippen LogP contribution in [0, 0.1) is 0 Å². The molecule has 0 bridgehead atoms. The van der Waals surface area contributed by atoms with Gasteiger partial charge in [-0.25, -0.2) is 8.42 Å². The first-order valence-electron chi connectivity index (χ1n) is 3.00. The summed E-state index contributed by atoms with van der Waals surface area (Å²) in [6, 6.07) is 0. The highest BCUT2D eigenvalue weighted by atomic mass is 79.9. The summed E-state index contributed by atoms with van der Waals surface area (Å²) < 4.78 is 21.8. The van der Waals surface area contributed by atoms with Crippen molar-refractivity contribution in [3.63, 3.8) is 0 Å². The fourth-order valence-electron chi connectivity index (χ4n) is 0.498. The first-order chi connectivity index (χ1) is 4.54. The average molecular weight is 231 g/mol. The number of alkyl halides is 1. The third-order valence-electron chi connectivity index (χ3n) is 1.13. The first-order valence-corrected chi connectivity index (χ1v) is 5.84. The maximum atomic E-state index is 10.9. The van der Waals surface area contributed by atoms with Crippen LogP contribution in [0.1, 0.15) is 13.3 Å². The van der Waals surface area contributed by atoms with E-state index in [2.05, 4.69) is 15.9 Å². The summed E-state index contributed by atoms with van der Waals surface area (Å²) in [5, 5.41) is 9.29. The van der Waals surface area contributed by atoms with Crippen LogP contribution in [-0.4, -0.2) is 30.0 Å². The maximum absolute atomic E-state index is 10.9. The van der Waals surface area contributed by atoms with Gasteiger partial charge in [-0.05, 0) is 6.42 Å². The molecule has 0 aromatic carbocycles. The van der Waals surface area contributed by atoms with E-state index in [1.807, 2.05) is 0 Å². The monoisotopic (exact) mass is 230 g/mol. The van der Waals surface area contributed by atoms with E-state index in [-0.39, 0.29) is 12.2 Å². The van der Waals surface area contributed by atoms with E-state index >= 15 is 0 Å². The topological polar surface area (TPSA) is 54.4 Å². The summed E-state index contributed by atoms with van der Waals surface area (Å²) >= 11 is 2.99. The number of hydrogen-bond acceptors (Lipinski definition) is 3. The van der Waals surface area contributed by atoms with E-state index in [1.165, 1.54) is 0 Å².